The van der Waals surface area contributed by atoms with Crippen molar-refractivity contribution < 1.29 is 14.6 Å². The van der Waals surface area contributed by atoms with Crippen molar-refractivity contribution in [2.45, 2.75) is 13.8 Å². The molecule has 2 aromatic carbocycles. The van der Waals surface area contributed by atoms with Crippen LogP contribution in [0, 0.1) is 18.3 Å². The number of nitrogens with zero attached hydrogens (tertiary/aromatic N) is 3. The zero-order valence-corrected chi connectivity index (χ0v) is 16.7. The largest absolute Gasteiger partial charge is 0.508 e. The van der Waals surface area contributed by atoms with Crippen LogP contribution in [0.25, 0.3) is 10.6 Å². The molecule has 0 saturated heterocycles. The van der Waals surface area contributed by atoms with Crippen molar-refractivity contribution in [2.24, 2.45) is 5.10 Å². The molecule has 8 heteroatoms. The standard InChI is InChI=1S/C21H18N4O3S/c1-13-20(29-21(23-13)16-5-7-17(26)8-6-16)14(2)24-25-19(27)12-28-18-9-3-15(11-22)4-10-18/h3-10,26H,12H2,1-2H3,(H,25,27)/b24-14+. The average Bonchev–Trinajstić information content (AvgIpc) is 3.13. The van der Waals surface area contributed by atoms with Crippen molar-refractivity contribution in [3.8, 4) is 28.1 Å². The first kappa shape index (κ1) is 20.0. The van der Waals surface area contributed by atoms with Crippen molar-refractivity contribution in [2.75, 3.05) is 6.61 Å². The van der Waals surface area contributed by atoms with E-state index < -0.39 is 5.91 Å². The van der Waals surface area contributed by atoms with Gasteiger partial charge in [0.2, 0.25) is 0 Å². The monoisotopic (exact) mass is 406 g/mol. The van der Waals surface area contributed by atoms with Crippen LogP contribution in [0.15, 0.2) is 53.6 Å². The minimum absolute atomic E-state index is 0.191. The Morgan fingerprint density at radius 3 is 2.59 bits per heavy atom. The van der Waals surface area contributed by atoms with E-state index in [1.807, 2.05) is 13.0 Å². The molecular formula is C21H18N4O3S. The summed E-state index contributed by atoms with van der Waals surface area (Å²) < 4.78 is 5.38. The van der Waals surface area contributed by atoms with Crippen LogP contribution in [0.5, 0.6) is 11.5 Å². The molecule has 1 amide bonds. The van der Waals surface area contributed by atoms with Crippen molar-refractivity contribution >= 4 is 23.0 Å². The van der Waals surface area contributed by atoms with E-state index in [1.54, 1.807) is 55.5 Å². The molecule has 3 rings (SSSR count). The second-order valence-electron chi connectivity index (χ2n) is 6.14. The highest BCUT2D eigenvalue weighted by molar-refractivity contribution is 7.17. The van der Waals surface area contributed by atoms with Crippen molar-refractivity contribution in [1.82, 2.24) is 10.4 Å². The predicted octanol–water partition coefficient (Wildman–Crippen LogP) is 3.62. The summed E-state index contributed by atoms with van der Waals surface area (Å²) in [6, 6.07) is 15.3. The fraction of sp³-hybridized carbons (Fsp3) is 0.143. The number of aromatic nitrogens is 1. The highest BCUT2D eigenvalue weighted by Gasteiger charge is 2.12. The molecule has 0 saturated carbocycles. The normalized spacial score (nSPS) is 11.0. The quantitative estimate of drug-likeness (QED) is 0.480. The van der Waals surface area contributed by atoms with Crippen LogP contribution in [0.3, 0.4) is 0 Å². The molecule has 1 aromatic heterocycles. The third-order valence-corrected chi connectivity index (χ3v) is 5.26. The van der Waals surface area contributed by atoms with Gasteiger partial charge in [0.25, 0.3) is 5.91 Å². The van der Waals surface area contributed by atoms with E-state index in [1.165, 1.54) is 11.3 Å². The van der Waals surface area contributed by atoms with E-state index in [4.69, 9.17) is 10.00 Å². The average molecular weight is 406 g/mol. The number of phenolic OH excluding ortho intramolecular Hbond substituents is 1. The number of nitriles is 1. The van der Waals surface area contributed by atoms with Crippen LogP contribution in [-0.2, 0) is 4.79 Å². The van der Waals surface area contributed by atoms with Crippen LogP contribution in [0.4, 0.5) is 0 Å². The summed E-state index contributed by atoms with van der Waals surface area (Å²) in [5.41, 5.74) is 5.34. The Bertz CT molecular complexity index is 1080. The Hall–Kier alpha value is -3.70. The fourth-order valence-corrected chi connectivity index (χ4v) is 3.48. The van der Waals surface area contributed by atoms with Gasteiger partial charge in [0.1, 0.15) is 16.5 Å². The van der Waals surface area contributed by atoms with E-state index in [0.29, 0.717) is 17.0 Å². The van der Waals surface area contributed by atoms with Crippen LogP contribution >= 0.6 is 11.3 Å². The number of aromatic hydroxyl groups is 1. The maximum atomic E-state index is 12.0. The zero-order valence-electron chi connectivity index (χ0n) is 15.8. The summed E-state index contributed by atoms with van der Waals surface area (Å²) >= 11 is 1.46. The number of ether oxygens (including phenoxy) is 1. The van der Waals surface area contributed by atoms with E-state index in [2.05, 4.69) is 15.5 Å². The Kier molecular flexibility index (Phi) is 6.22. The third-order valence-electron chi connectivity index (χ3n) is 3.94. The second-order valence-corrected chi connectivity index (χ2v) is 7.14. The van der Waals surface area contributed by atoms with Gasteiger partial charge in [0, 0.05) is 5.56 Å². The van der Waals surface area contributed by atoms with Crippen LogP contribution in [0.2, 0.25) is 0 Å². The number of hydrazone groups is 1. The van der Waals surface area contributed by atoms with Gasteiger partial charge in [-0.25, -0.2) is 10.4 Å². The van der Waals surface area contributed by atoms with Crippen molar-refractivity contribution in [3.63, 3.8) is 0 Å². The molecule has 7 nitrogen and oxygen atoms in total. The number of hydrogen-bond donors (Lipinski definition) is 2. The molecule has 146 valence electrons. The lowest BCUT2D eigenvalue weighted by Crippen LogP contribution is -2.25. The molecule has 0 bridgehead atoms. The summed E-state index contributed by atoms with van der Waals surface area (Å²) in [7, 11) is 0. The number of aryl methyl sites for hydroxylation is 1. The topological polar surface area (TPSA) is 108 Å². The van der Waals surface area contributed by atoms with Gasteiger partial charge >= 0.3 is 0 Å². The number of nitrogens with one attached hydrogen (secondary N) is 1. The molecule has 0 atom stereocenters. The third kappa shape index (κ3) is 5.18. The lowest BCUT2D eigenvalue weighted by Gasteiger charge is -2.05. The lowest BCUT2D eigenvalue weighted by molar-refractivity contribution is -0.123. The van der Waals surface area contributed by atoms with Crippen LogP contribution in [0.1, 0.15) is 23.1 Å². The van der Waals surface area contributed by atoms with Gasteiger partial charge in [-0.05, 0) is 62.4 Å². The molecule has 0 aliphatic rings. The number of carbonyl (C=O) groups excluding carboxylic acids is 1. The Balaban J connectivity index is 1.61. The number of rotatable bonds is 6. The second kappa shape index (κ2) is 8.99. The molecule has 3 aromatic rings. The van der Waals surface area contributed by atoms with Crippen LogP contribution < -0.4 is 10.2 Å². The zero-order chi connectivity index (χ0) is 20.8. The van der Waals surface area contributed by atoms with E-state index in [-0.39, 0.29) is 12.4 Å². The number of thiazole rings is 1. The molecule has 0 unspecified atom stereocenters. The number of hydrogen-bond acceptors (Lipinski definition) is 7. The minimum Gasteiger partial charge on any atom is -0.508 e. The molecule has 0 radical (unpaired) electrons. The van der Waals surface area contributed by atoms with Gasteiger partial charge in [-0.15, -0.1) is 11.3 Å². The maximum Gasteiger partial charge on any atom is 0.277 e. The van der Waals surface area contributed by atoms with Gasteiger partial charge < -0.3 is 9.84 Å². The Labute approximate surface area is 171 Å². The number of carbonyl (C=O) groups is 1. The predicted molar refractivity (Wildman–Crippen MR) is 111 cm³/mol. The van der Waals surface area contributed by atoms with Crippen molar-refractivity contribution in [1.29, 1.82) is 5.26 Å². The maximum absolute atomic E-state index is 12.0. The summed E-state index contributed by atoms with van der Waals surface area (Å²) in [4.78, 5) is 17.4. The summed E-state index contributed by atoms with van der Waals surface area (Å²) in [6.07, 6.45) is 0. The van der Waals surface area contributed by atoms with Crippen LogP contribution in [-0.4, -0.2) is 28.3 Å². The number of amides is 1. The number of phenols is 1. The van der Waals surface area contributed by atoms with Crippen molar-refractivity contribution in [3.05, 3.63) is 64.7 Å². The Morgan fingerprint density at radius 1 is 1.24 bits per heavy atom. The van der Waals surface area contributed by atoms with Gasteiger partial charge in [0.05, 0.1) is 27.9 Å². The smallest absolute Gasteiger partial charge is 0.277 e. The molecule has 0 aliphatic carbocycles. The lowest BCUT2D eigenvalue weighted by atomic mass is 10.2. The van der Waals surface area contributed by atoms with Gasteiger partial charge in [-0.2, -0.15) is 10.4 Å². The van der Waals surface area contributed by atoms with E-state index >= 15 is 0 Å². The summed E-state index contributed by atoms with van der Waals surface area (Å²) in [5.74, 6) is 0.303. The van der Waals surface area contributed by atoms with E-state index in [9.17, 15) is 9.90 Å². The van der Waals surface area contributed by atoms with Gasteiger partial charge in [0.15, 0.2) is 6.61 Å². The molecule has 0 aliphatic heterocycles. The molecule has 29 heavy (non-hydrogen) atoms. The highest BCUT2D eigenvalue weighted by atomic mass is 32.1. The van der Waals surface area contributed by atoms with Gasteiger partial charge in [-0.1, -0.05) is 0 Å². The number of benzene rings is 2. The Morgan fingerprint density at radius 2 is 1.93 bits per heavy atom. The highest BCUT2D eigenvalue weighted by Crippen LogP contribution is 2.29. The summed E-state index contributed by atoms with van der Waals surface area (Å²) in [5, 5.41) is 23.1. The molecule has 2 N–H and O–H groups in total. The molecule has 0 fully saturated rings. The van der Waals surface area contributed by atoms with E-state index in [0.717, 1.165) is 21.1 Å². The first-order valence-corrected chi connectivity index (χ1v) is 9.51. The molecule has 0 spiro atoms. The first-order chi connectivity index (χ1) is 14.0. The molecule has 1 heterocycles. The first-order valence-electron chi connectivity index (χ1n) is 8.69. The summed E-state index contributed by atoms with van der Waals surface area (Å²) in [6.45, 7) is 3.48. The fourth-order valence-electron chi connectivity index (χ4n) is 2.46. The molecular weight excluding hydrogens is 388 g/mol. The SMILES string of the molecule is C/C(=N\NC(=O)COc1ccc(C#N)cc1)c1sc(-c2ccc(O)cc2)nc1C. The minimum atomic E-state index is -0.394. The van der Waals surface area contributed by atoms with Gasteiger partial charge in [-0.3, -0.25) is 4.79 Å².